The van der Waals surface area contributed by atoms with Crippen molar-refractivity contribution in [1.29, 1.82) is 0 Å². The maximum absolute atomic E-state index is 12.0. The molecule has 25 heavy (non-hydrogen) atoms. The molecule has 1 saturated heterocycles. The quantitative estimate of drug-likeness (QED) is 0.753. The molecule has 5 heteroatoms. The Kier molecular flexibility index (Phi) is 8.74. The van der Waals surface area contributed by atoms with Gasteiger partial charge in [0.15, 0.2) is 0 Å². The average molecular weight is 369 g/mol. The first-order valence-electron chi connectivity index (χ1n) is 9.09. The van der Waals surface area contributed by atoms with Gasteiger partial charge >= 0.3 is 0 Å². The van der Waals surface area contributed by atoms with E-state index in [9.17, 15) is 4.79 Å². The minimum atomic E-state index is 0. The Bertz CT molecular complexity index is 525. The highest BCUT2D eigenvalue weighted by atomic mass is 35.5. The fourth-order valence-corrected chi connectivity index (χ4v) is 2.98. The van der Waals surface area contributed by atoms with Crippen LogP contribution in [0.25, 0.3) is 0 Å². The van der Waals surface area contributed by atoms with E-state index >= 15 is 0 Å². The fourth-order valence-electron chi connectivity index (χ4n) is 2.98. The van der Waals surface area contributed by atoms with Gasteiger partial charge in [-0.05, 0) is 55.0 Å². The van der Waals surface area contributed by atoms with Crippen molar-refractivity contribution < 1.29 is 9.53 Å². The summed E-state index contributed by atoms with van der Waals surface area (Å²) < 4.78 is 5.75. The number of hydrogen-bond donors (Lipinski definition) is 2. The minimum absolute atomic E-state index is 0. The lowest BCUT2D eigenvalue weighted by Crippen LogP contribution is -2.48. The number of halogens is 1. The summed E-state index contributed by atoms with van der Waals surface area (Å²) in [6, 6.07) is 8.56. The molecule has 2 atom stereocenters. The summed E-state index contributed by atoms with van der Waals surface area (Å²) in [6.07, 6.45) is 2.28. The predicted molar refractivity (Wildman–Crippen MR) is 106 cm³/mol. The molecule has 0 spiro atoms. The number of amides is 1. The number of carbonyl (C=O) groups is 1. The van der Waals surface area contributed by atoms with Gasteiger partial charge in [-0.3, -0.25) is 4.79 Å². The number of benzene rings is 1. The second kappa shape index (κ2) is 10.0. The van der Waals surface area contributed by atoms with Crippen molar-refractivity contribution in [3.63, 3.8) is 0 Å². The second-order valence-corrected chi connectivity index (χ2v) is 7.87. The average Bonchev–Trinajstić information content (AvgIpc) is 2.53. The van der Waals surface area contributed by atoms with E-state index in [1.165, 1.54) is 5.56 Å². The van der Waals surface area contributed by atoms with Gasteiger partial charge in [0.1, 0.15) is 5.75 Å². The third-order valence-corrected chi connectivity index (χ3v) is 4.67. The number of carbonyl (C=O) groups excluding carboxylic acids is 1. The summed E-state index contributed by atoms with van der Waals surface area (Å²) in [5, 5.41) is 6.51. The zero-order chi connectivity index (χ0) is 17.6. The summed E-state index contributed by atoms with van der Waals surface area (Å²) in [5.74, 6) is 1.51. The number of ether oxygens (including phenoxy) is 1. The molecular weight excluding hydrogens is 336 g/mol. The maximum atomic E-state index is 12.0. The van der Waals surface area contributed by atoms with Crippen LogP contribution in [0.1, 0.15) is 52.5 Å². The Morgan fingerprint density at radius 2 is 1.96 bits per heavy atom. The lowest BCUT2D eigenvalue weighted by atomic mass is 9.87. The van der Waals surface area contributed by atoms with Gasteiger partial charge < -0.3 is 15.4 Å². The van der Waals surface area contributed by atoms with Gasteiger partial charge in [0.2, 0.25) is 5.91 Å². The van der Waals surface area contributed by atoms with Crippen LogP contribution in [0, 0.1) is 5.92 Å². The van der Waals surface area contributed by atoms with E-state index in [4.69, 9.17) is 4.74 Å². The van der Waals surface area contributed by atoms with E-state index in [0.717, 1.165) is 31.7 Å². The van der Waals surface area contributed by atoms with Crippen molar-refractivity contribution in [3.05, 3.63) is 29.8 Å². The maximum Gasteiger partial charge on any atom is 0.220 e. The second-order valence-electron chi connectivity index (χ2n) is 7.87. The van der Waals surface area contributed by atoms with Crippen molar-refractivity contribution >= 4 is 18.3 Å². The van der Waals surface area contributed by atoms with Gasteiger partial charge in [-0.1, -0.05) is 39.8 Å². The monoisotopic (exact) mass is 368 g/mol. The summed E-state index contributed by atoms with van der Waals surface area (Å²) >= 11 is 0. The normalized spacial score (nSPS) is 20.5. The van der Waals surface area contributed by atoms with Crippen molar-refractivity contribution in [2.45, 2.75) is 58.4 Å². The van der Waals surface area contributed by atoms with Crippen molar-refractivity contribution in [3.8, 4) is 5.75 Å². The van der Waals surface area contributed by atoms with Crippen LogP contribution >= 0.6 is 12.4 Å². The topological polar surface area (TPSA) is 50.4 Å². The predicted octanol–water partition coefficient (Wildman–Crippen LogP) is 3.68. The first kappa shape index (κ1) is 21.8. The Hall–Kier alpha value is -1.26. The van der Waals surface area contributed by atoms with E-state index in [1.807, 2.05) is 12.1 Å². The SMILES string of the molecule is CC1CNCCC1NC(=O)CCCOc1ccc(C(C)(C)C)cc1.Cl. The van der Waals surface area contributed by atoms with Gasteiger partial charge in [-0.25, -0.2) is 0 Å². The van der Waals surface area contributed by atoms with E-state index in [1.54, 1.807) is 0 Å². The van der Waals surface area contributed by atoms with Crippen LogP contribution in [0.15, 0.2) is 24.3 Å². The summed E-state index contributed by atoms with van der Waals surface area (Å²) in [5.41, 5.74) is 1.45. The van der Waals surface area contributed by atoms with Crippen LogP contribution in [0.3, 0.4) is 0 Å². The molecule has 1 amide bonds. The van der Waals surface area contributed by atoms with Crippen LogP contribution in [-0.4, -0.2) is 31.6 Å². The standard InChI is InChI=1S/C20H32N2O2.ClH/c1-15-14-21-12-11-18(15)22-19(23)6-5-13-24-17-9-7-16(8-10-17)20(2,3)4;/h7-10,15,18,21H,5-6,11-14H2,1-4H3,(H,22,23);1H. The van der Waals surface area contributed by atoms with Crippen LogP contribution in [0.4, 0.5) is 0 Å². The Labute approximate surface area is 158 Å². The van der Waals surface area contributed by atoms with E-state index < -0.39 is 0 Å². The highest BCUT2D eigenvalue weighted by molar-refractivity contribution is 5.85. The Morgan fingerprint density at radius 3 is 2.56 bits per heavy atom. The molecule has 0 bridgehead atoms. The molecule has 4 nitrogen and oxygen atoms in total. The molecule has 2 rings (SSSR count). The molecule has 0 aromatic heterocycles. The smallest absolute Gasteiger partial charge is 0.220 e. The van der Waals surface area contributed by atoms with Gasteiger partial charge in [-0.15, -0.1) is 12.4 Å². The lowest BCUT2D eigenvalue weighted by molar-refractivity contribution is -0.122. The first-order valence-corrected chi connectivity index (χ1v) is 9.09. The van der Waals surface area contributed by atoms with Crippen LogP contribution in [0.2, 0.25) is 0 Å². The molecule has 2 N–H and O–H groups in total. The zero-order valence-electron chi connectivity index (χ0n) is 15.9. The third-order valence-electron chi connectivity index (χ3n) is 4.67. The molecule has 1 heterocycles. The Balaban J connectivity index is 0.00000312. The van der Waals surface area contributed by atoms with Crippen molar-refractivity contribution in [1.82, 2.24) is 10.6 Å². The van der Waals surface area contributed by atoms with Crippen LogP contribution in [-0.2, 0) is 10.2 Å². The number of rotatable bonds is 6. The molecule has 2 unspecified atom stereocenters. The highest BCUT2D eigenvalue weighted by Gasteiger charge is 2.22. The fraction of sp³-hybridized carbons (Fsp3) is 0.650. The van der Waals surface area contributed by atoms with Crippen molar-refractivity contribution in [2.75, 3.05) is 19.7 Å². The third kappa shape index (κ3) is 7.25. The Morgan fingerprint density at radius 1 is 1.28 bits per heavy atom. The number of hydrogen-bond acceptors (Lipinski definition) is 3. The minimum Gasteiger partial charge on any atom is -0.494 e. The van der Waals surface area contributed by atoms with Gasteiger partial charge in [0.25, 0.3) is 0 Å². The molecule has 0 radical (unpaired) electrons. The highest BCUT2D eigenvalue weighted by Crippen LogP contribution is 2.24. The molecule has 1 aliphatic rings. The molecule has 1 aromatic rings. The number of nitrogens with one attached hydrogen (secondary N) is 2. The van der Waals surface area contributed by atoms with Gasteiger partial charge in [0.05, 0.1) is 6.61 Å². The molecule has 1 aliphatic heterocycles. The zero-order valence-corrected chi connectivity index (χ0v) is 16.7. The number of piperidine rings is 1. The first-order chi connectivity index (χ1) is 11.4. The van der Waals surface area contributed by atoms with Crippen LogP contribution < -0.4 is 15.4 Å². The summed E-state index contributed by atoms with van der Waals surface area (Å²) in [6.45, 7) is 11.3. The molecule has 1 fully saturated rings. The van der Waals surface area contributed by atoms with E-state index in [2.05, 4.69) is 50.5 Å². The van der Waals surface area contributed by atoms with Crippen molar-refractivity contribution in [2.24, 2.45) is 5.92 Å². The van der Waals surface area contributed by atoms with Crippen LogP contribution in [0.5, 0.6) is 5.75 Å². The molecule has 1 aromatic carbocycles. The van der Waals surface area contributed by atoms with Gasteiger partial charge in [0, 0.05) is 12.5 Å². The molecule has 0 saturated carbocycles. The lowest BCUT2D eigenvalue weighted by Gasteiger charge is -2.30. The molecule has 0 aliphatic carbocycles. The van der Waals surface area contributed by atoms with E-state index in [0.29, 0.717) is 25.0 Å². The molecule has 142 valence electrons. The molecular formula is C20H33ClN2O2. The van der Waals surface area contributed by atoms with Gasteiger partial charge in [-0.2, -0.15) is 0 Å². The summed E-state index contributed by atoms with van der Waals surface area (Å²) in [7, 11) is 0. The van der Waals surface area contributed by atoms with E-state index in [-0.39, 0.29) is 23.7 Å². The summed E-state index contributed by atoms with van der Waals surface area (Å²) in [4.78, 5) is 12.0. The largest absolute Gasteiger partial charge is 0.494 e.